The van der Waals surface area contributed by atoms with Crippen molar-refractivity contribution in [3.63, 3.8) is 0 Å². The first-order valence-corrected chi connectivity index (χ1v) is 5.87. The van der Waals surface area contributed by atoms with Crippen LogP contribution in [0.25, 0.3) is 0 Å². The van der Waals surface area contributed by atoms with Gasteiger partial charge < -0.3 is 10.1 Å². The van der Waals surface area contributed by atoms with Crippen molar-refractivity contribution in [2.24, 2.45) is 0 Å². The first kappa shape index (κ1) is 12.0. The molecule has 0 saturated carbocycles. The number of thiophene rings is 1. The van der Waals surface area contributed by atoms with Crippen molar-refractivity contribution in [3.8, 4) is 0 Å². The summed E-state index contributed by atoms with van der Waals surface area (Å²) in [5.41, 5.74) is 0. The number of hydrogen-bond acceptors (Lipinski definition) is 3. The average molecular weight is 234 g/mol. The number of hydrogen-bond donors (Lipinski definition) is 1. The zero-order chi connectivity index (χ0) is 10.6. The van der Waals surface area contributed by atoms with Crippen LogP contribution in [0.5, 0.6) is 0 Å². The summed E-state index contributed by atoms with van der Waals surface area (Å²) in [5, 5.41) is 3.21. The lowest BCUT2D eigenvalue weighted by atomic mass is 10.2. The van der Waals surface area contributed by atoms with E-state index in [4.69, 9.17) is 16.3 Å². The van der Waals surface area contributed by atoms with Gasteiger partial charge in [0.05, 0.1) is 23.1 Å². The van der Waals surface area contributed by atoms with E-state index in [0.29, 0.717) is 6.61 Å². The fraction of sp³-hybridized carbons (Fsp3) is 0.600. The van der Waals surface area contributed by atoms with Gasteiger partial charge in [0.25, 0.3) is 0 Å². The van der Waals surface area contributed by atoms with Gasteiger partial charge in [-0.15, -0.1) is 11.3 Å². The Balaban J connectivity index is 2.54. The van der Waals surface area contributed by atoms with Crippen molar-refractivity contribution in [2.45, 2.75) is 26.0 Å². The lowest BCUT2D eigenvalue weighted by Crippen LogP contribution is -2.22. The molecule has 1 unspecified atom stereocenters. The molecule has 0 bridgehead atoms. The van der Waals surface area contributed by atoms with Crippen LogP contribution in [0, 0.1) is 0 Å². The molecule has 0 fully saturated rings. The van der Waals surface area contributed by atoms with E-state index < -0.39 is 0 Å². The van der Waals surface area contributed by atoms with Gasteiger partial charge in [0.2, 0.25) is 0 Å². The minimum absolute atomic E-state index is 0.245. The van der Waals surface area contributed by atoms with Crippen LogP contribution in [0.4, 0.5) is 0 Å². The smallest absolute Gasteiger partial charge is 0.0931 e. The molecule has 1 rings (SSSR count). The predicted octanol–water partition coefficient (Wildman–Crippen LogP) is 3.09. The van der Waals surface area contributed by atoms with Gasteiger partial charge in [-0.25, -0.2) is 0 Å². The van der Waals surface area contributed by atoms with Gasteiger partial charge in [0.15, 0.2) is 0 Å². The van der Waals surface area contributed by atoms with E-state index in [1.54, 1.807) is 11.3 Å². The maximum Gasteiger partial charge on any atom is 0.0931 e. The van der Waals surface area contributed by atoms with Crippen molar-refractivity contribution < 1.29 is 4.74 Å². The number of likely N-dealkylation sites (N-methyl/N-ethyl adjacent to an activating group) is 1. The zero-order valence-electron chi connectivity index (χ0n) is 8.71. The predicted molar refractivity (Wildman–Crippen MR) is 62.2 cm³/mol. The number of halogens is 1. The second kappa shape index (κ2) is 5.71. The van der Waals surface area contributed by atoms with Gasteiger partial charge in [-0.3, -0.25) is 0 Å². The topological polar surface area (TPSA) is 21.3 Å². The molecule has 0 saturated heterocycles. The van der Waals surface area contributed by atoms with Gasteiger partial charge in [-0.2, -0.15) is 0 Å². The highest BCUT2D eigenvalue weighted by Crippen LogP contribution is 2.27. The molecular formula is C10H16ClNOS. The number of rotatable bonds is 5. The molecule has 1 atom stereocenters. The van der Waals surface area contributed by atoms with Crippen molar-refractivity contribution in [2.75, 3.05) is 13.7 Å². The Morgan fingerprint density at radius 3 is 2.64 bits per heavy atom. The summed E-state index contributed by atoms with van der Waals surface area (Å²) in [4.78, 5) is 1.22. The second-order valence-corrected chi connectivity index (χ2v) is 5.11. The summed E-state index contributed by atoms with van der Waals surface area (Å²) in [6.07, 6.45) is 0.265. The molecule has 4 heteroatoms. The molecule has 1 heterocycles. The summed E-state index contributed by atoms with van der Waals surface area (Å²) in [7, 11) is 1.93. The van der Waals surface area contributed by atoms with E-state index in [1.165, 1.54) is 4.88 Å². The molecule has 0 aromatic carbocycles. The molecular weight excluding hydrogens is 218 g/mol. The minimum Gasteiger partial charge on any atom is -0.377 e. The Morgan fingerprint density at radius 2 is 2.21 bits per heavy atom. The van der Waals surface area contributed by atoms with Crippen LogP contribution in [0.1, 0.15) is 24.8 Å². The molecule has 1 aromatic rings. The molecule has 0 aliphatic carbocycles. The van der Waals surface area contributed by atoms with E-state index >= 15 is 0 Å². The molecule has 14 heavy (non-hydrogen) atoms. The molecule has 0 aliphatic rings. The van der Waals surface area contributed by atoms with Crippen molar-refractivity contribution in [1.29, 1.82) is 0 Å². The van der Waals surface area contributed by atoms with Gasteiger partial charge in [-0.05, 0) is 33.0 Å². The molecule has 2 nitrogen and oxygen atoms in total. The van der Waals surface area contributed by atoms with Crippen LogP contribution in [0.2, 0.25) is 4.34 Å². The Kier molecular flexibility index (Phi) is 4.89. The SMILES string of the molecule is CNC(COC(C)C)c1ccc(Cl)s1. The van der Waals surface area contributed by atoms with Crippen molar-refractivity contribution in [1.82, 2.24) is 5.32 Å². The van der Waals surface area contributed by atoms with Gasteiger partial charge in [0.1, 0.15) is 0 Å². The molecule has 1 aromatic heterocycles. The standard InChI is InChI=1S/C10H16ClNOS/c1-7(2)13-6-8(12-3)9-4-5-10(11)14-9/h4-5,7-8,12H,6H2,1-3H3. The summed E-state index contributed by atoms with van der Waals surface area (Å²) < 4.78 is 6.38. The van der Waals surface area contributed by atoms with E-state index in [2.05, 4.69) is 5.32 Å². The average Bonchev–Trinajstić information content (AvgIpc) is 2.53. The van der Waals surface area contributed by atoms with E-state index in [0.717, 1.165) is 4.34 Å². The second-order valence-electron chi connectivity index (χ2n) is 3.37. The van der Waals surface area contributed by atoms with E-state index in [9.17, 15) is 0 Å². The normalized spacial score (nSPS) is 13.5. The Labute approximate surface area is 94.2 Å². The molecule has 0 aliphatic heterocycles. The first-order chi connectivity index (χ1) is 6.63. The molecule has 0 spiro atoms. The molecule has 0 radical (unpaired) electrons. The maximum atomic E-state index is 5.87. The lowest BCUT2D eigenvalue weighted by Gasteiger charge is -2.16. The molecule has 80 valence electrons. The summed E-state index contributed by atoms with van der Waals surface area (Å²) in [6, 6.07) is 4.20. The van der Waals surface area contributed by atoms with Gasteiger partial charge in [0, 0.05) is 4.88 Å². The largest absolute Gasteiger partial charge is 0.377 e. The lowest BCUT2D eigenvalue weighted by molar-refractivity contribution is 0.0632. The third-order valence-corrected chi connectivity index (χ3v) is 3.23. The van der Waals surface area contributed by atoms with Crippen LogP contribution in [0.3, 0.4) is 0 Å². The van der Waals surface area contributed by atoms with Crippen LogP contribution in [-0.2, 0) is 4.74 Å². The fourth-order valence-corrected chi connectivity index (χ4v) is 2.27. The minimum atomic E-state index is 0.245. The molecule has 1 N–H and O–H groups in total. The summed E-state index contributed by atoms with van der Waals surface area (Å²) in [6.45, 7) is 4.76. The third-order valence-electron chi connectivity index (χ3n) is 1.88. The Morgan fingerprint density at radius 1 is 1.50 bits per heavy atom. The highest BCUT2D eigenvalue weighted by molar-refractivity contribution is 7.16. The van der Waals surface area contributed by atoms with Crippen molar-refractivity contribution >= 4 is 22.9 Å². The van der Waals surface area contributed by atoms with Gasteiger partial charge >= 0.3 is 0 Å². The van der Waals surface area contributed by atoms with Crippen LogP contribution in [-0.4, -0.2) is 19.8 Å². The fourth-order valence-electron chi connectivity index (χ4n) is 1.11. The highest BCUT2D eigenvalue weighted by atomic mass is 35.5. The maximum absolute atomic E-state index is 5.87. The zero-order valence-corrected chi connectivity index (χ0v) is 10.3. The third kappa shape index (κ3) is 3.58. The quantitative estimate of drug-likeness (QED) is 0.844. The Bertz CT molecular complexity index is 275. The van der Waals surface area contributed by atoms with E-state index in [-0.39, 0.29) is 12.1 Å². The first-order valence-electron chi connectivity index (χ1n) is 4.67. The molecule has 0 amide bonds. The van der Waals surface area contributed by atoms with Crippen LogP contribution < -0.4 is 5.32 Å². The van der Waals surface area contributed by atoms with Crippen LogP contribution in [0.15, 0.2) is 12.1 Å². The highest BCUT2D eigenvalue weighted by Gasteiger charge is 2.12. The summed E-state index contributed by atoms with van der Waals surface area (Å²) >= 11 is 7.47. The van der Waals surface area contributed by atoms with Gasteiger partial charge in [-0.1, -0.05) is 11.6 Å². The van der Waals surface area contributed by atoms with Crippen LogP contribution >= 0.6 is 22.9 Å². The monoisotopic (exact) mass is 233 g/mol. The van der Waals surface area contributed by atoms with E-state index in [1.807, 2.05) is 33.0 Å². The number of ether oxygens (including phenoxy) is 1. The Hall–Kier alpha value is -0.0900. The number of nitrogens with one attached hydrogen (secondary N) is 1. The summed E-state index contributed by atoms with van der Waals surface area (Å²) in [5.74, 6) is 0. The van der Waals surface area contributed by atoms with Crippen molar-refractivity contribution in [3.05, 3.63) is 21.3 Å².